The van der Waals surface area contributed by atoms with Crippen molar-refractivity contribution in [1.82, 2.24) is 10.2 Å². The molecule has 1 aromatic carbocycles. The van der Waals surface area contributed by atoms with Crippen LogP contribution in [0.3, 0.4) is 0 Å². The number of halogens is 1. The Hall–Kier alpha value is -1.36. The predicted molar refractivity (Wildman–Crippen MR) is 113 cm³/mol. The van der Waals surface area contributed by atoms with Crippen molar-refractivity contribution in [3.63, 3.8) is 0 Å². The van der Waals surface area contributed by atoms with Crippen LogP contribution >= 0.6 is 34.7 Å². The maximum Gasteiger partial charge on any atom is 0.249 e. The summed E-state index contributed by atoms with van der Waals surface area (Å²) in [5.41, 5.74) is 1.14. The summed E-state index contributed by atoms with van der Waals surface area (Å²) < 4.78 is 26.4. The molecule has 0 fully saturated rings. The SMILES string of the molecule is Cc1ccc(N([C@H](C)C(=O)Nc2nnc(SC(C)C)s2)S(C)(=O)=O)cc1Cl. The molecule has 11 heteroatoms. The molecule has 27 heavy (non-hydrogen) atoms. The van der Waals surface area contributed by atoms with E-state index in [1.807, 2.05) is 20.8 Å². The van der Waals surface area contributed by atoms with Gasteiger partial charge in [0.1, 0.15) is 6.04 Å². The Labute approximate surface area is 172 Å². The summed E-state index contributed by atoms with van der Waals surface area (Å²) in [5.74, 6) is -0.505. The van der Waals surface area contributed by atoms with E-state index in [1.165, 1.54) is 36.1 Å². The Morgan fingerprint density at radius 3 is 2.52 bits per heavy atom. The summed E-state index contributed by atoms with van der Waals surface area (Å²) in [6, 6.07) is 3.86. The van der Waals surface area contributed by atoms with Crippen molar-refractivity contribution in [2.24, 2.45) is 0 Å². The summed E-state index contributed by atoms with van der Waals surface area (Å²) >= 11 is 8.91. The highest BCUT2D eigenvalue weighted by Crippen LogP contribution is 2.30. The number of carbonyl (C=O) groups is 1. The highest BCUT2D eigenvalue weighted by atomic mass is 35.5. The largest absolute Gasteiger partial charge is 0.299 e. The van der Waals surface area contributed by atoms with E-state index < -0.39 is 22.0 Å². The number of carbonyl (C=O) groups excluding carboxylic acids is 1. The van der Waals surface area contributed by atoms with Crippen LogP contribution < -0.4 is 9.62 Å². The third-order valence-corrected chi connectivity index (χ3v) is 7.05. The monoisotopic (exact) mass is 448 g/mol. The van der Waals surface area contributed by atoms with Crippen molar-refractivity contribution in [1.29, 1.82) is 0 Å². The third kappa shape index (κ3) is 5.81. The molecule has 2 rings (SSSR count). The lowest BCUT2D eigenvalue weighted by molar-refractivity contribution is -0.116. The van der Waals surface area contributed by atoms with E-state index in [2.05, 4.69) is 15.5 Å². The average Bonchev–Trinajstić information content (AvgIpc) is 2.95. The third-order valence-electron chi connectivity index (χ3n) is 3.47. The van der Waals surface area contributed by atoms with Crippen molar-refractivity contribution >= 4 is 61.4 Å². The molecular formula is C16H21ClN4O3S3. The van der Waals surface area contributed by atoms with Crippen LogP contribution in [0.25, 0.3) is 0 Å². The standard InChI is InChI=1S/C16H21ClN4O3S3/c1-9(2)25-16-20-19-15(26-16)18-14(22)11(4)21(27(5,23)24)12-7-6-10(3)13(17)8-12/h6-9,11H,1-5H3,(H,18,19,22)/t11-/m1/s1. The molecule has 0 saturated carbocycles. The van der Waals surface area contributed by atoms with Gasteiger partial charge in [0.25, 0.3) is 0 Å². The van der Waals surface area contributed by atoms with Crippen molar-refractivity contribution in [2.45, 2.75) is 43.3 Å². The van der Waals surface area contributed by atoms with E-state index >= 15 is 0 Å². The Morgan fingerprint density at radius 2 is 1.96 bits per heavy atom. The second-order valence-electron chi connectivity index (χ2n) is 6.20. The number of hydrogen-bond acceptors (Lipinski definition) is 7. The molecular weight excluding hydrogens is 428 g/mol. The number of amides is 1. The molecule has 148 valence electrons. The number of anilines is 2. The zero-order valence-corrected chi connectivity index (χ0v) is 18.8. The summed E-state index contributed by atoms with van der Waals surface area (Å²) in [4.78, 5) is 12.6. The maximum atomic E-state index is 12.6. The number of aryl methyl sites for hydroxylation is 1. The lowest BCUT2D eigenvalue weighted by atomic mass is 10.2. The second-order valence-corrected chi connectivity index (χ2v) is 11.3. The Morgan fingerprint density at radius 1 is 1.30 bits per heavy atom. The van der Waals surface area contributed by atoms with E-state index in [-0.39, 0.29) is 0 Å². The van der Waals surface area contributed by atoms with Crippen molar-refractivity contribution < 1.29 is 13.2 Å². The van der Waals surface area contributed by atoms with Crippen LogP contribution in [0.15, 0.2) is 22.5 Å². The lowest BCUT2D eigenvalue weighted by Crippen LogP contribution is -2.45. The van der Waals surface area contributed by atoms with Gasteiger partial charge in [-0.05, 0) is 31.5 Å². The van der Waals surface area contributed by atoms with Crippen LogP contribution in [0.2, 0.25) is 5.02 Å². The summed E-state index contributed by atoms with van der Waals surface area (Å²) in [6.07, 6.45) is 1.05. The van der Waals surface area contributed by atoms with Gasteiger partial charge in [0.2, 0.25) is 21.1 Å². The number of nitrogens with zero attached hydrogens (tertiary/aromatic N) is 3. The molecule has 0 radical (unpaired) electrons. The molecule has 0 aliphatic heterocycles. The van der Waals surface area contributed by atoms with Gasteiger partial charge < -0.3 is 0 Å². The molecule has 1 aromatic heterocycles. The number of nitrogens with one attached hydrogen (secondary N) is 1. The molecule has 0 aliphatic carbocycles. The van der Waals surface area contributed by atoms with Crippen LogP contribution in [0.5, 0.6) is 0 Å². The smallest absolute Gasteiger partial charge is 0.249 e. The zero-order valence-electron chi connectivity index (χ0n) is 15.6. The summed E-state index contributed by atoms with van der Waals surface area (Å²) in [7, 11) is -3.72. The maximum absolute atomic E-state index is 12.6. The molecule has 0 unspecified atom stereocenters. The first-order chi connectivity index (χ1) is 12.5. The average molecular weight is 449 g/mol. The second kappa shape index (κ2) is 8.76. The van der Waals surface area contributed by atoms with E-state index in [4.69, 9.17) is 11.6 Å². The fourth-order valence-electron chi connectivity index (χ4n) is 2.25. The molecule has 1 amide bonds. The first kappa shape index (κ1) is 21.9. The number of hydrogen-bond donors (Lipinski definition) is 1. The lowest BCUT2D eigenvalue weighted by Gasteiger charge is -2.28. The molecule has 0 spiro atoms. The highest BCUT2D eigenvalue weighted by molar-refractivity contribution is 8.01. The fraction of sp³-hybridized carbons (Fsp3) is 0.438. The van der Waals surface area contributed by atoms with Crippen LogP contribution in [-0.4, -0.2) is 42.1 Å². The quantitative estimate of drug-likeness (QED) is 0.511. The fourth-order valence-corrected chi connectivity index (χ4v) is 5.57. The highest BCUT2D eigenvalue weighted by Gasteiger charge is 2.30. The van der Waals surface area contributed by atoms with Gasteiger partial charge in [-0.2, -0.15) is 0 Å². The Kier molecular flexibility index (Phi) is 7.12. The molecule has 7 nitrogen and oxygen atoms in total. The topological polar surface area (TPSA) is 92.3 Å². The van der Waals surface area contributed by atoms with Gasteiger partial charge in [0, 0.05) is 10.3 Å². The summed E-state index contributed by atoms with van der Waals surface area (Å²) in [5, 5.41) is 11.7. The Bertz CT molecular complexity index is 931. The van der Waals surface area contributed by atoms with Crippen molar-refractivity contribution in [2.75, 3.05) is 15.9 Å². The number of aromatic nitrogens is 2. The molecule has 2 aromatic rings. The summed E-state index contributed by atoms with van der Waals surface area (Å²) in [6.45, 7) is 7.39. The van der Waals surface area contributed by atoms with Crippen molar-refractivity contribution in [3.05, 3.63) is 28.8 Å². The zero-order chi connectivity index (χ0) is 20.4. The minimum absolute atomic E-state index is 0.323. The first-order valence-corrected chi connectivity index (χ1v) is 12.0. The first-order valence-electron chi connectivity index (χ1n) is 8.05. The van der Waals surface area contributed by atoms with Gasteiger partial charge in [-0.15, -0.1) is 10.2 Å². The Balaban J connectivity index is 2.24. The molecule has 1 heterocycles. The minimum atomic E-state index is -3.72. The van der Waals surface area contributed by atoms with E-state index in [0.717, 1.165) is 20.5 Å². The predicted octanol–water partition coefficient (Wildman–Crippen LogP) is 3.79. The molecule has 1 N–H and O–H groups in total. The van der Waals surface area contributed by atoms with E-state index in [9.17, 15) is 13.2 Å². The van der Waals surface area contributed by atoms with Crippen LogP contribution in [0.1, 0.15) is 26.3 Å². The van der Waals surface area contributed by atoms with Gasteiger partial charge in [0.05, 0.1) is 11.9 Å². The van der Waals surface area contributed by atoms with Gasteiger partial charge in [0.15, 0.2) is 4.34 Å². The van der Waals surface area contributed by atoms with Gasteiger partial charge in [-0.3, -0.25) is 14.4 Å². The van der Waals surface area contributed by atoms with Gasteiger partial charge in [-0.25, -0.2) is 8.42 Å². The molecule has 1 atom stereocenters. The van der Waals surface area contributed by atoms with E-state index in [1.54, 1.807) is 12.1 Å². The van der Waals surface area contributed by atoms with Crippen LogP contribution in [0, 0.1) is 6.92 Å². The number of benzene rings is 1. The molecule has 0 bridgehead atoms. The number of thioether (sulfide) groups is 1. The van der Waals surface area contributed by atoms with Crippen LogP contribution in [0.4, 0.5) is 10.8 Å². The van der Waals surface area contributed by atoms with E-state index in [0.29, 0.717) is 21.1 Å². The number of sulfonamides is 1. The van der Waals surface area contributed by atoms with Gasteiger partial charge >= 0.3 is 0 Å². The molecule has 0 saturated heterocycles. The minimum Gasteiger partial charge on any atom is -0.299 e. The van der Waals surface area contributed by atoms with Crippen LogP contribution in [-0.2, 0) is 14.8 Å². The molecule has 0 aliphatic rings. The number of rotatable bonds is 7. The normalized spacial score (nSPS) is 12.9. The van der Waals surface area contributed by atoms with Gasteiger partial charge in [-0.1, -0.05) is 54.6 Å². The van der Waals surface area contributed by atoms with Crippen molar-refractivity contribution in [3.8, 4) is 0 Å².